The van der Waals surface area contributed by atoms with Gasteiger partial charge in [0.2, 0.25) is 0 Å². The number of ether oxygens (including phenoxy) is 1. The van der Waals surface area contributed by atoms with Gasteiger partial charge in [-0.15, -0.1) is 0 Å². The van der Waals surface area contributed by atoms with Gasteiger partial charge in [-0.1, -0.05) is 44.2 Å². The number of benzene rings is 3. The number of aliphatic hydroxyl groups is 1. The van der Waals surface area contributed by atoms with Crippen molar-refractivity contribution in [2.24, 2.45) is 0 Å². The van der Waals surface area contributed by atoms with E-state index < -0.39 is 48.2 Å². The van der Waals surface area contributed by atoms with E-state index in [-0.39, 0.29) is 29.5 Å². The minimum absolute atomic E-state index is 0.0867. The van der Waals surface area contributed by atoms with Crippen molar-refractivity contribution >= 4 is 5.69 Å². The van der Waals surface area contributed by atoms with E-state index in [9.17, 15) is 49.0 Å². The SMILES string of the molecule is CC(C)c1cccc(Oc2cccc(N(CC(O)C(F)(F)F)Oc3cccc(C(F)(F)C(F)(F)C(F)(F)F)c3)c2)c1. The van der Waals surface area contributed by atoms with Crippen LogP contribution in [-0.2, 0) is 5.92 Å². The van der Waals surface area contributed by atoms with Gasteiger partial charge in [0.05, 0.1) is 12.2 Å². The van der Waals surface area contributed by atoms with Gasteiger partial charge in [0.25, 0.3) is 0 Å². The summed E-state index contributed by atoms with van der Waals surface area (Å²) in [4.78, 5) is 5.21. The van der Waals surface area contributed by atoms with Crippen LogP contribution in [0.15, 0.2) is 72.8 Å². The van der Waals surface area contributed by atoms with E-state index in [1.54, 1.807) is 18.2 Å². The number of aliphatic hydroxyl groups excluding tert-OH is 1. The summed E-state index contributed by atoms with van der Waals surface area (Å²) in [6.07, 6.45) is -14.8. The van der Waals surface area contributed by atoms with E-state index in [2.05, 4.69) is 0 Å². The summed E-state index contributed by atoms with van der Waals surface area (Å²) >= 11 is 0. The second-order valence-corrected chi connectivity index (χ2v) is 9.21. The lowest BCUT2D eigenvalue weighted by Gasteiger charge is -2.30. The highest BCUT2D eigenvalue weighted by molar-refractivity contribution is 5.51. The number of hydrogen-bond acceptors (Lipinski definition) is 4. The standard InChI is InChI=1S/C27H23F10NO3/c1-16(2)17-6-3-9-20(12-17)40-21-10-5-8-19(14-21)38(15-23(39)25(30,31)32)41-22-11-4-7-18(13-22)24(28,29)26(33,34)27(35,36)37/h3-14,16,23,39H,15H2,1-2H3. The molecule has 0 aliphatic heterocycles. The average Bonchev–Trinajstić information content (AvgIpc) is 2.87. The fourth-order valence-electron chi connectivity index (χ4n) is 3.47. The first-order valence-corrected chi connectivity index (χ1v) is 11.8. The lowest BCUT2D eigenvalue weighted by Crippen LogP contribution is -2.50. The monoisotopic (exact) mass is 599 g/mol. The van der Waals surface area contributed by atoms with Crippen molar-refractivity contribution in [3.8, 4) is 17.2 Å². The van der Waals surface area contributed by atoms with Gasteiger partial charge in [-0.3, -0.25) is 0 Å². The van der Waals surface area contributed by atoms with Crippen LogP contribution in [0.5, 0.6) is 17.2 Å². The number of anilines is 1. The van der Waals surface area contributed by atoms with Crippen molar-refractivity contribution in [3.63, 3.8) is 0 Å². The quantitative estimate of drug-likeness (QED) is 0.187. The first-order valence-electron chi connectivity index (χ1n) is 11.8. The van der Waals surface area contributed by atoms with E-state index in [1.165, 1.54) is 24.3 Å². The predicted octanol–water partition coefficient (Wildman–Crippen LogP) is 8.62. The van der Waals surface area contributed by atoms with Crippen molar-refractivity contribution in [1.82, 2.24) is 0 Å². The van der Waals surface area contributed by atoms with Gasteiger partial charge in [0, 0.05) is 11.6 Å². The van der Waals surface area contributed by atoms with Crippen LogP contribution in [0, 0.1) is 0 Å². The summed E-state index contributed by atoms with van der Waals surface area (Å²) < 4.78 is 139. The Labute approximate surface area is 227 Å². The highest BCUT2D eigenvalue weighted by atomic mass is 19.4. The van der Waals surface area contributed by atoms with E-state index in [1.807, 2.05) is 19.9 Å². The smallest absolute Gasteiger partial charge is 0.457 e. The molecule has 0 aliphatic rings. The molecule has 0 radical (unpaired) electrons. The first kappa shape index (κ1) is 31.8. The number of halogens is 10. The summed E-state index contributed by atoms with van der Waals surface area (Å²) in [5, 5.41) is 10.1. The van der Waals surface area contributed by atoms with Crippen molar-refractivity contribution in [2.75, 3.05) is 11.6 Å². The molecular weight excluding hydrogens is 576 g/mol. The number of nitrogens with zero attached hydrogens (tertiary/aromatic N) is 1. The topological polar surface area (TPSA) is 41.9 Å². The fourth-order valence-corrected chi connectivity index (χ4v) is 3.47. The summed E-state index contributed by atoms with van der Waals surface area (Å²) in [5.41, 5.74) is -1.09. The molecule has 0 amide bonds. The molecule has 1 unspecified atom stereocenters. The largest absolute Gasteiger partial charge is 0.460 e. The third-order valence-electron chi connectivity index (χ3n) is 5.75. The van der Waals surface area contributed by atoms with Gasteiger partial charge in [-0.05, 0) is 47.9 Å². The predicted molar refractivity (Wildman–Crippen MR) is 128 cm³/mol. The molecule has 0 fully saturated rings. The van der Waals surface area contributed by atoms with Gasteiger partial charge in [0.1, 0.15) is 11.5 Å². The molecule has 1 N–H and O–H groups in total. The third kappa shape index (κ3) is 7.34. The number of alkyl halides is 10. The van der Waals surface area contributed by atoms with E-state index in [0.717, 1.165) is 11.6 Å². The Morgan fingerprint density at radius 3 is 1.88 bits per heavy atom. The summed E-state index contributed by atoms with van der Waals surface area (Å²) in [5.74, 6) is -12.4. The minimum Gasteiger partial charge on any atom is -0.457 e. The van der Waals surface area contributed by atoms with Crippen LogP contribution < -0.4 is 14.6 Å². The van der Waals surface area contributed by atoms with E-state index in [0.29, 0.717) is 16.9 Å². The maximum absolute atomic E-state index is 14.2. The Morgan fingerprint density at radius 1 is 0.732 bits per heavy atom. The van der Waals surface area contributed by atoms with Crippen LogP contribution >= 0.6 is 0 Å². The second-order valence-electron chi connectivity index (χ2n) is 9.21. The van der Waals surface area contributed by atoms with Crippen molar-refractivity contribution in [3.05, 3.63) is 83.9 Å². The molecule has 224 valence electrons. The van der Waals surface area contributed by atoms with Crippen LogP contribution in [0.1, 0.15) is 30.9 Å². The second kappa shape index (κ2) is 11.7. The van der Waals surface area contributed by atoms with E-state index >= 15 is 0 Å². The minimum atomic E-state index is -6.61. The maximum Gasteiger partial charge on any atom is 0.460 e. The molecule has 1 atom stereocenters. The Kier molecular flexibility index (Phi) is 9.06. The van der Waals surface area contributed by atoms with Gasteiger partial charge in [0.15, 0.2) is 11.9 Å². The zero-order valence-corrected chi connectivity index (χ0v) is 21.3. The summed E-state index contributed by atoms with van der Waals surface area (Å²) in [6.45, 7) is 2.54. The molecule has 0 aliphatic carbocycles. The van der Waals surface area contributed by atoms with Crippen LogP contribution in [0.3, 0.4) is 0 Å². The van der Waals surface area contributed by atoms with Crippen molar-refractivity contribution in [1.29, 1.82) is 0 Å². The van der Waals surface area contributed by atoms with Crippen LogP contribution in [0.25, 0.3) is 0 Å². The lowest BCUT2D eigenvalue weighted by atomic mass is 10.0. The first-order chi connectivity index (χ1) is 18.8. The zero-order chi connectivity index (χ0) is 30.8. The number of rotatable bonds is 10. The molecule has 14 heteroatoms. The molecule has 0 bridgehead atoms. The average molecular weight is 599 g/mol. The van der Waals surface area contributed by atoms with Crippen molar-refractivity contribution in [2.45, 2.75) is 50.1 Å². The Balaban J connectivity index is 1.97. The molecule has 3 aromatic carbocycles. The third-order valence-corrected chi connectivity index (χ3v) is 5.75. The highest BCUT2D eigenvalue weighted by Crippen LogP contribution is 2.52. The molecule has 41 heavy (non-hydrogen) atoms. The van der Waals surface area contributed by atoms with Gasteiger partial charge in [-0.2, -0.15) is 43.9 Å². The van der Waals surface area contributed by atoms with Crippen LogP contribution in [0.2, 0.25) is 0 Å². The van der Waals surface area contributed by atoms with Gasteiger partial charge >= 0.3 is 24.2 Å². The highest BCUT2D eigenvalue weighted by Gasteiger charge is 2.73. The Morgan fingerprint density at radius 2 is 1.29 bits per heavy atom. The molecule has 0 heterocycles. The molecule has 4 nitrogen and oxygen atoms in total. The Bertz CT molecular complexity index is 1320. The Hall–Kier alpha value is -3.68. The molecule has 0 saturated heterocycles. The van der Waals surface area contributed by atoms with Crippen LogP contribution in [0.4, 0.5) is 49.6 Å². The lowest BCUT2D eigenvalue weighted by molar-refractivity contribution is -0.359. The molecule has 0 saturated carbocycles. The van der Waals surface area contributed by atoms with Crippen LogP contribution in [-0.4, -0.2) is 36.0 Å². The normalized spacial score (nSPS) is 13.7. The van der Waals surface area contributed by atoms with Gasteiger partial charge in [-0.25, -0.2) is 5.06 Å². The molecule has 3 aromatic rings. The fraction of sp³-hybridized carbons (Fsp3) is 0.333. The molecule has 3 rings (SSSR count). The summed E-state index contributed by atoms with van der Waals surface area (Å²) in [6, 6.07) is 14.0. The molecule has 0 spiro atoms. The molecular formula is C27H23F10NO3. The van der Waals surface area contributed by atoms with Gasteiger partial charge < -0.3 is 14.7 Å². The number of hydrogen-bond donors (Lipinski definition) is 1. The summed E-state index contributed by atoms with van der Waals surface area (Å²) in [7, 11) is 0. The maximum atomic E-state index is 14.2. The zero-order valence-electron chi connectivity index (χ0n) is 21.3. The number of hydroxylamine groups is 1. The molecule has 0 aromatic heterocycles. The van der Waals surface area contributed by atoms with E-state index in [4.69, 9.17) is 9.57 Å². The van der Waals surface area contributed by atoms with Crippen molar-refractivity contribution < 1.29 is 58.6 Å².